The van der Waals surface area contributed by atoms with E-state index in [1.807, 2.05) is 0 Å². The molecule has 1 aromatic carbocycles. The number of alkyl halides is 1. The predicted molar refractivity (Wildman–Crippen MR) is 77.3 cm³/mol. The van der Waals surface area contributed by atoms with Gasteiger partial charge >= 0.3 is 0 Å². The van der Waals surface area contributed by atoms with Crippen LogP contribution >= 0.6 is 23.2 Å². The van der Waals surface area contributed by atoms with E-state index in [0.717, 1.165) is 0 Å². The molecule has 0 atom stereocenters. The molecule has 5 nitrogen and oxygen atoms in total. The molecule has 0 aliphatic rings. The Morgan fingerprint density at radius 3 is 2.58 bits per heavy atom. The lowest BCUT2D eigenvalue weighted by atomic mass is 10.2. The minimum Gasteiger partial charge on any atom is -0.366 e. The minimum absolute atomic E-state index is 0.0335. The number of unbranched alkanes of at least 4 members (excludes halogenated alkanes) is 1. The summed E-state index contributed by atoms with van der Waals surface area (Å²) in [5.74, 6) is -0.329. The van der Waals surface area contributed by atoms with Crippen LogP contribution in [-0.4, -0.2) is 26.0 Å². The minimum atomic E-state index is -3.47. The van der Waals surface area contributed by atoms with Crippen LogP contribution < -0.4 is 10.5 Å². The van der Waals surface area contributed by atoms with E-state index in [0.29, 0.717) is 18.7 Å². The van der Waals surface area contributed by atoms with Gasteiger partial charge < -0.3 is 5.73 Å². The fourth-order valence-electron chi connectivity index (χ4n) is 1.39. The summed E-state index contributed by atoms with van der Waals surface area (Å²) in [4.78, 5) is 11.1. The summed E-state index contributed by atoms with van der Waals surface area (Å²) in [6, 6.07) is 4.19. The van der Waals surface area contributed by atoms with E-state index in [2.05, 4.69) is 4.72 Å². The zero-order valence-electron chi connectivity index (χ0n) is 10.0. The van der Waals surface area contributed by atoms with Crippen LogP contribution in [0.1, 0.15) is 23.2 Å². The maximum absolute atomic E-state index is 11.7. The molecule has 3 N–H and O–H groups in total. The van der Waals surface area contributed by atoms with Gasteiger partial charge in [-0.1, -0.05) is 11.6 Å². The number of hydrogen-bond acceptors (Lipinski definition) is 3. The fourth-order valence-corrected chi connectivity index (χ4v) is 2.97. The van der Waals surface area contributed by atoms with Crippen molar-refractivity contribution in [2.24, 2.45) is 5.73 Å². The number of hydrogen-bond donors (Lipinski definition) is 2. The van der Waals surface area contributed by atoms with E-state index in [-0.39, 0.29) is 22.0 Å². The molecule has 0 spiro atoms. The van der Waals surface area contributed by atoms with Crippen molar-refractivity contribution >= 4 is 44.8 Å². The molecule has 0 bridgehead atoms. The smallest absolute Gasteiger partial charge is 0.250 e. The van der Waals surface area contributed by atoms with E-state index in [1.165, 1.54) is 18.2 Å². The number of anilines is 1. The normalized spacial score (nSPS) is 11.3. The standard InChI is InChI=1S/C11H14Cl2N2O3S/c12-5-1-2-6-19(17,18)15-8-3-4-10(13)9(7-8)11(14)16/h3-4,7,15H,1-2,5-6H2,(H2,14,16). The molecule has 1 rings (SSSR count). The Kier molecular flexibility index (Phi) is 5.90. The molecule has 8 heteroatoms. The quantitative estimate of drug-likeness (QED) is 0.595. The maximum Gasteiger partial charge on any atom is 0.250 e. The van der Waals surface area contributed by atoms with Crippen molar-refractivity contribution in [3.8, 4) is 0 Å². The number of rotatable bonds is 7. The molecule has 1 aromatic rings. The molecule has 0 aromatic heterocycles. The van der Waals surface area contributed by atoms with Gasteiger partial charge in [0, 0.05) is 11.6 Å². The number of carbonyl (C=O) groups excluding carboxylic acids is 1. The average Bonchev–Trinajstić information content (AvgIpc) is 2.31. The molecular formula is C11H14Cl2N2O3S. The van der Waals surface area contributed by atoms with Crippen LogP contribution in [0.15, 0.2) is 18.2 Å². The van der Waals surface area contributed by atoms with Crippen LogP contribution in [0.25, 0.3) is 0 Å². The van der Waals surface area contributed by atoms with Gasteiger partial charge in [-0.3, -0.25) is 9.52 Å². The van der Waals surface area contributed by atoms with Crippen LogP contribution in [0.2, 0.25) is 5.02 Å². The van der Waals surface area contributed by atoms with E-state index in [4.69, 9.17) is 28.9 Å². The molecule has 0 heterocycles. The van der Waals surface area contributed by atoms with Gasteiger partial charge in [0.2, 0.25) is 15.9 Å². The second kappa shape index (κ2) is 6.98. The third kappa shape index (κ3) is 5.26. The van der Waals surface area contributed by atoms with Crippen molar-refractivity contribution in [2.75, 3.05) is 16.4 Å². The molecule has 0 radical (unpaired) electrons. The summed E-state index contributed by atoms with van der Waals surface area (Å²) >= 11 is 11.3. The number of amides is 1. The zero-order valence-corrected chi connectivity index (χ0v) is 12.4. The van der Waals surface area contributed by atoms with Gasteiger partial charge in [0.1, 0.15) is 0 Å². The molecule has 0 aliphatic carbocycles. The zero-order chi connectivity index (χ0) is 14.5. The number of sulfonamides is 1. The van der Waals surface area contributed by atoms with E-state index in [9.17, 15) is 13.2 Å². The molecular weight excluding hydrogens is 311 g/mol. The average molecular weight is 325 g/mol. The highest BCUT2D eigenvalue weighted by atomic mass is 35.5. The second-order valence-corrected chi connectivity index (χ2v) is 6.50. The van der Waals surface area contributed by atoms with Crippen molar-refractivity contribution < 1.29 is 13.2 Å². The second-order valence-electron chi connectivity index (χ2n) is 3.88. The molecule has 0 unspecified atom stereocenters. The Hall–Kier alpha value is -0.980. The molecule has 0 saturated heterocycles. The van der Waals surface area contributed by atoms with E-state index in [1.54, 1.807) is 0 Å². The molecule has 0 aliphatic heterocycles. The number of nitrogens with one attached hydrogen (secondary N) is 1. The monoisotopic (exact) mass is 324 g/mol. The lowest BCUT2D eigenvalue weighted by Gasteiger charge is -2.09. The van der Waals surface area contributed by atoms with Crippen LogP contribution in [0.5, 0.6) is 0 Å². The van der Waals surface area contributed by atoms with Crippen molar-refractivity contribution in [3.63, 3.8) is 0 Å². The number of benzene rings is 1. The number of carbonyl (C=O) groups is 1. The fraction of sp³-hybridized carbons (Fsp3) is 0.364. The van der Waals surface area contributed by atoms with Crippen molar-refractivity contribution in [2.45, 2.75) is 12.8 Å². The Bertz CT molecular complexity index is 561. The molecule has 1 amide bonds. The van der Waals surface area contributed by atoms with Crippen molar-refractivity contribution in [1.82, 2.24) is 0 Å². The largest absolute Gasteiger partial charge is 0.366 e. The van der Waals surface area contributed by atoms with Gasteiger partial charge in [0.15, 0.2) is 0 Å². The predicted octanol–water partition coefficient (Wildman–Crippen LogP) is 2.20. The van der Waals surface area contributed by atoms with Crippen LogP contribution in [0.3, 0.4) is 0 Å². The Morgan fingerprint density at radius 1 is 1.32 bits per heavy atom. The highest BCUT2D eigenvalue weighted by Crippen LogP contribution is 2.21. The van der Waals surface area contributed by atoms with Gasteiger partial charge in [-0.15, -0.1) is 11.6 Å². The summed E-state index contributed by atoms with van der Waals surface area (Å²) in [7, 11) is -3.47. The summed E-state index contributed by atoms with van der Waals surface area (Å²) < 4.78 is 25.8. The third-order valence-corrected chi connectivity index (χ3v) is 4.27. The number of nitrogens with two attached hydrogens (primary N) is 1. The molecule has 0 saturated carbocycles. The van der Waals surface area contributed by atoms with Gasteiger partial charge in [-0.2, -0.15) is 0 Å². The summed E-state index contributed by atoms with van der Waals surface area (Å²) in [5, 5.41) is 0.178. The highest BCUT2D eigenvalue weighted by Gasteiger charge is 2.13. The first-order valence-electron chi connectivity index (χ1n) is 5.51. The SMILES string of the molecule is NC(=O)c1cc(NS(=O)(=O)CCCCCl)ccc1Cl. The Labute approximate surface area is 122 Å². The Balaban J connectivity index is 2.82. The number of primary amides is 1. The molecule has 19 heavy (non-hydrogen) atoms. The van der Waals surface area contributed by atoms with Crippen molar-refractivity contribution in [1.29, 1.82) is 0 Å². The van der Waals surface area contributed by atoms with E-state index < -0.39 is 15.9 Å². The lowest BCUT2D eigenvalue weighted by Crippen LogP contribution is -2.18. The lowest BCUT2D eigenvalue weighted by molar-refractivity contribution is 0.100. The van der Waals surface area contributed by atoms with Gasteiger partial charge in [-0.05, 0) is 31.0 Å². The van der Waals surface area contributed by atoms with Gasteiger partial charge in [0.25, 0.3) is 0 Å². The molecule has 106 valence electrons. The highest BCUT2D eigenvalue weighted by molar-refractivity contribution is 7.92. The van der Waals surface area contributed by atoms with Crippen LogP contribution in [0, 0.1) is 0 Å². The van der Waals surface area contributed by atoms with Crippen LogP contribution in [-0.2, 0) is 10.0 Å². The van der Waals surface area contributed by atoms with Gasteiger partial charge in [-0.25, -0.2) is 8.42 Å². The maximum atomic E-state index is 11.7. The summed E-state index contributed by atoms with van der Waals surface area (Å²) in [6.45, 7) is 0. The molecule has 0 fully saturated rings. The first-order valence-corrected chi connectivity index (χ1v) is 8.08. The third-order valence-electron chi connectivity index (χ3n) is 2.30. The summed E-state index contributed by atoms with van der Waals surface area (Å²) in [5.41, 5.74) is 5.46. The summed E-state index contributed by atoms with van der Waals surface area (Å²) in [6.07, 6.45) is 1.09. The Morgan fingerprint density at radius 2 is 2.00 bits per heavy atom. The van der Waals surface area contributed by atoms with Crippen LogP contribution in [0.4, 0.5) is 5.69 Å². The first kappa shape index (κ1) is 16.1. The van der Waals surface area contributed by atoms with Crippen molar-refractivity contribution in [3.05, 3.63) is 28.8 Å². The topological polar surface area (TPSA) is 89.3 Å². The number of halogens is 2. The van der Waals surface area contributed by atoms with E-state index >= 15 is 0 Å². The van der Waals surface area contributed by atoms with Gasteiger partial charge in [0.05, 0.1) is 16.3 Å². The first-order chi connectivity index (χ1) is 8.85.